The Hall–Kier alpha value is -6.39. The van der Waals surface area contributed by atoms with Gasteiger partial charge >= 0.3 is 5.97 Å². The number of nitrogens with one attached hydrogen (secondary N) is 9. The van der Waals surface area contributed by atoms with E-state index in [0.717, 1.165) is 24.2 Å². The van der Waals surface area contributed by atoms with Gasteiger partial charge in [0.1, 0.15) is 141 Å². The number of nitrogens with two attached hydrogens (primary N) is 2. The Morgan fingerprint density at radius 1 is 0.616 bits per heavy atom. The van der Waals surface area contributed by atoms with Crippen LogP contribution in [0.25, 0.3) is 0 Å². The number of aliphatic hydroxyl groups excluding tert-OH is 13. The Morgan fingerprint density at radius 2 is 1.23 bits per heavy atom. The number of ether oxygens (including phenoxy) is 6. The molecule has 99 heavy (non-hydrogen) atoms. The molecule has 2 aromatic rings. The first-order valence-electron chi connectivity index (χ1n) is 32.7. The van der Waals surface area contributed by atoms with Crippen LogP contribution in [0.4, 0.5) is 0 Å². The van der Waals surface area contributed by atoms with Crippen molar-refractivity contribution in [3.05, 3.63) is 65.7 Å². The first-order valence-corrected chi connectivity index (χ1v) is 32.7. The number of amides is 6. The average Bonchev–Trinajstić information content (AvgIpc) is 1.74. The average molecular weight is 1410 g/mol. The predicted octanol–water partition coefficient (Wildman–Crippen LogP) is -12.1. The van der Waals surface area contributed by atoms with Crippen molar-refractivity contribution < 1.29 is 128 Å². The second kappa shape index (κ2) is 36.0. The maximum Gasteiger partial charge on any atom is 0.305 e. The Bertz CT molecular complexity index is 2990. The standard InChI is InChI=1S/C61H94N12O26/c1-3-4-5-9-12-37(78)94-24-35-44(82)46(84)49(87)59(98-35)99-51-34(23-76)97-58(50(88)47(51)85)95-28-15-13-26(14-16-28)17-29-53(90)71-39(41(79)30-18-65-60(62)69-30)56(93)72-40(42(80)32-19-66-61(63)73(32)57-48(86)45(83)43(81)33(22-75)96-57)55(92)68-31(21-74)52(89)64-20-36(77)70-38(54(91)67-29)25(2)27-10-7-6-8-11-27/h6-8,10-11,13-16,25,29-35,38-51,57-61,65-66,69,74-76,79-88H,3-5,9,12,17-24,62-63H2,1-2H3,(H,64,89)(H,67,91)(H,68,92)(H,70,77)(H,71,90)(H,72,93)/t25-,29+,30-,31-,32-,33+,34+,35+,38-,39-,40+,41-,42-,43+,44+,45-,46-,47+,48-,49-,50-,51+,57-,58-,59+,60?,61?/m0/s1. The molecule has 6 amide bonds. The molecule has 0 bridgehead atoms. The Labute approximate surface area is 567 Å². The monoisotopic (exact) mass is 1410 g/mol. The lowest BCUT2D eigenvalue weighted by molar-refractivity contribution is -0.352. The van der Waals surface area contributed by atoms with E-state index in [-0.39, 0.29) is 30.8 Å². The van der Waals surface area contributed by atoms with E-state index in [0.29, 0.717) is 12.0 Å². The fourth-order valence-corrected chi connectivity index (χ4v) is 12.5. The van der Waals surface area contributed by atoms with E-state index < -0.39 is 246 Å². The highest BCUT2D eigenvalue weighted by Gasteiger charge is 2.55. The number of hydrogen-bond acceptors (Lipinski definition) is 32. The Morgan fingerprint density at radius 3 is 1.89 bits per heavy atom. The van der Waals surface area contributed by atoms with Crippen LogP contribution in [0.5, 0.6) is 5.75 Å². The van der Waals surface area contributed by atoms with E-state index in [9.17, 15) is 90.4 Å². The molecule has 27 atom stereocenters. The number of benzene rings is 2. The molecule has 0 radical (unpaired) electrons. The summed E-state index contributed by atoms with van der Waals surface area (Å²) in [5, 5.41) is 166. The van der Waals surface area contributed by atoms with Gasteiger partial charge in [0.25, 0.3) is 0 Å². The molecule has 38 nitrogen and oxygen atoms in total. The van der Waals surface area contributed by atoms with Gasteiger partial charge in [0.15, 0.2) is 6.29 Å². The van der Waals surface area contributed by atoms with Crippen molar-refractivity contribution >= 4 is 41.4 Å². The van der Waals surface area contributed by atoms with Crippen LogP contribution in [0, 0.1) is 0 Å². The van der Waals surface area contributed by atoms with Crippen LogP contribution in [0.2, 0.25) is 0 Å². The maximum atomic E-state index is 15.2. The highest BCUT2D eigenvalue weighted by Crippen LogP contribution is 2.33. The maximum absolute atomic E-state index is 15.2. The fourth-order valence-electron chi connectivity index (χ4n) is 12.5. The summed E-state index contributed by atoms with van der Waals surface area (Å²) < 4.78 is 34.2. The highest BCUT2D eigenvalue weighted by atomic mass is 16.7. The molecule has 38 heteroatoms. The van der Waals surface area contributed by atoms with Crippen LogP contribution in [0.1, 0.15) is 63.0 Å². The summed E-state index contributed by atoms with van der Waals surface area (Å²) in [7, 11) is 0. The van der Waals surface area contributed by atoms with Gasteiger partial charge in [-0.2, -0.15) is 0 Å². The van der Waals surface area contributed by atoms with Gasteiger partial charge in [-0.15, -0.1) is 0 Å². The first kappa shape index (κ1) is 78.3. The SMILES string of the molecule is CCCCCCC(=O)OC[C@H]1O[C@H](O[C@H]2[C@H](O)[C@H](O)[C@@H](Oc3ccc(C[C@H]4NC(=O)[C@H]([C@@H](C)c5ccccc5)NC(=O)CNC(=O)[C@H](CO)NC(=O)[C@@H]([C@@H](O)[C@@H]5CNC(N)N5[C@H]5O[C@H](CO)[C@@H](O)[C@H](O)[C@@H]5O)NC(=O)[C@H]([C@@H](O)[C@@H]5CNC(N)N5)NC4=O)cc3)O[C@@H]2CO)[C@@H](O)[C@@H](O)[C@@H]1O. The van der Waals surface area contributed by atoms with Crippen LogP contribution in [-0.4, -0.2) is 318 Å². The second-order valence-electron chi connectivity index (χ2n) is 25.2. The largest absolute Gasteiger partial charge is 0.463 e. The molecule has 8 rings (SSSR count). The number of rotatable bonds is 23. The van der Waals surface area contributed by atoms with Crippen molar-refractivity contribution in [2.24, 2.45) is 11.5 Å². The van der Waals surface area contributed by atoms with Gasteiger partial charge in [-0.25, -0.2) is 4.90 Å². The molecule has 0 spiro atoms. The minimum absolute atomic E-state index is 0.0739. The summed E-state index contributed by atoms with van der Waals surface area (Å²) in [4.78, 5) is 101. The zero-order chi connectivity index (χ0) is 72.1. The van der Waals surface area contributed by atoms with Crippen LogP contribution in [0.15, 0.2) is 54.6 Å². The van der Waals surface area contributed by atoms with Gasteiger partial charge in [0, 0.05) is 31.8 Å². The molecule has 0 aliphatic carbocycles. The van der Waals surface area contributed by atoms with Crippen molar-refractivity contribution in [3.63, 3.8) is 0 Å². The lowest BCUT2D eigenvalue weighted by Crippen LogP contribution is -2.70. The third-order valence-electron chi connectivity index (χ3n) is 18.3. The van der Waals surface area contributed by atoms with Gasteiger partial charge in [-0.05, 0) is 29.7 Å². The van der Waals surface area contributed by atoms with Gasteiger partial charge in [0.2, 0.25) is 41.7 Å². The van der Waals surface area contributed by atoms with Crippen molar-refractivity contribution in [3.8, 4) is 5.75 Å². The van der Waals surface area contributed by atoms with E-state index in [1.807, 2.05) is 6.92 Å². The van der Waals surface area contributed by atoms with Crippen LogP contribution in [0.3, 0.4) is 0 Å². The fraction of sp³-hybridized carbons (Fsp3) is 0.689. The molecule has 6 heterocycles. The summed E-state index contributed by atoms with van der Waals surface area (Å²) in [5.74, 6) is -8.79. The number of hydrogen-bond donors (Lipinski definition) is 24. The zero-order valence-corrected chi connectivity index (χ0v) is 54.2. The van der Waals surface area contributed by atoms with Crippen molar-refractivity contribution in [1.82, 2.24) is 52.8 Å². The number of unbranched alkanes of at least 4 members (excludes halogenated alkanes) is 3. The minimum atomic E-state index is -2.31. The van der Waals surface area contributed by atoms with Crippen LogP contribution >= 0.6 is 0 Å². The normalized spacial score (nSPS) is 37.3. The molecule has 6 fully saturated rings. The summed E-state index contributed by atoms with van der Waals surface area (Å²) in [6.45, 7) is -1.35. The molecule has 6 aliphatic rings. The van der Waals surface area contributed by atoms with E-state index in [1.54, 1.807) is 37.3 Å². The van der Waals surface area contributed by atoms with E-state index in [1.165, 1.54) is 24.3 Å². The van der Waals surface area contributed by atoms with Gasteiger partial charge in [0.05, 0.1) is 44.6 Å². The first-order chi connectivity index (χ1) is 47.2. The van der Waals surface area contributed by atoms with Gasteiger partial charge < -0.3 is 138 Å². The lowest BCUT2D eigenvalue weighted by Gasteiger charge is -2.47. The summed E-state index contributed by atoms with van der Waals surface area (Å²) in [6.07, 6.45) is -30.8. The quantitative estimate of drug-likeness (QED) is 0.0363. The van der Waals surface area contributed by atoms with Gasteiger partial charge in [-0.1, -0.05) is 75.6 Å². The molecule has 26 N–H and O–H groups in total. The summed E-state index contributed by atoms with van der Waals surface area (Å²) in [5.41, 5.74) is 13.1. The third kappa shape index (κ3) is 19.2. The van der Waals surface area contributed by atoms with E-state index in [2.05, 4.69) is 47.9 Å². The smallest absolute Gasteiger partial charge is 0.305 e. The third-order valence-corrected chi connectivity index (χ3v) is 18.3. The van der Waals surface area contributed by atoms with Crippen molar-refractivity contribution in [2.45, 2.75) is 217 Å². The summed E-state index contributed by atoms with van der Waals surface area (Å²) >= 11 is 0. The molecule has 0 aromatic heterocycles. The number of nitrogens with zero attached hydrogens (tertiary/aromatic N) is 1. The second-order valence-corrected chi connectivity index (χ2v) is 25.2. The molecule has 2 aromatic carbocycles. The number of carbonyl (C=O) groups is 7. The molecule has 2 unspecified atom stereocenters. The Balaban J connectivity index is 1.07. The molecular formula is C61H94N12O26. The molecular weight excluding hydrogens is 1320 g/mol. The molecule has 6 saturated heterocycles. The molecule has 6 aliphatic heterocycles. The molecule has 0 saturated carbocycles. The minimum Gasteiger partial charge on any atom is -0.463 e. The zero-order valence-electron chi connectivity index (χ0n) is 54.2. The highest BCUT2D eigenvalue weighted by molar-refractivity contribution is 5.98. The van der Waals surface area contributed by atoms with Crippen LogP contribution in [-0.2, 0) is 63.7 Å². The summed E-state index contributed by atoms with van der Waals surface area (Å²) in [6, 6.07) is 1.19. The number of aliphatic hydroxyl groups is 13. The lowest BCUT2D eigenvalue weighted by atomic mass is 9.92. The number of carbonyl (C=O) groups excluding carboxylic acids is 7. The predicted molar refractivity (Wildman–Crippen MR) is 335 cm³/mol. The Kier molecular flexibility index (Phi) is 28.5. The number of esters is 1. The van der Waals surface area contributed by atoms with Gasteiger partial charge in [-0.3, -0.25) is 49.5 Å². The van der Waals surface area contributed by atoms with E-state index >= 15 is 9.59 Å². The van der Waals surface area contributed by atoms with Crippen LogP contribution < -0.4 is 64.1 Å². The van der Waals surface area contributed by atoms with Crippen molar-refractivity contribution in [2.75, 3.05) is 46.1 Å². The van der Waals surface area contributed by atoms with E-state index in [4.69, 9.17) is 39.9 Å². The topological polar surface area (TPSA) is 601 Å². The molecule has 554 valence electrons. The van der Waals surface area contributed by atoms with Crippen molar-refractivity contribution in [1.29, 1.82) is 0 Å².